The summed E-state index contributed by atoms with van der Waals surface area (Å²) in [6.45, 7) is 4.53. The van der Waals surface area contributed by atoms with Crippen molar-refractivity contribution in [3.8, 4) is 0 Å². The molecule has 148 valence electrons. The Morgan fingerprint density at radius 1 is 0.724 bits per heavy atom. The first-order valence-electron chi connectivity index (χ1n) is 9.32. The molecule has 0 aliphatic heterocycles. The van der Waals surface area contributed by atoms with Gasteiger partial charge in [0.2, 0.25) is 0 Å². The Bertz CT molecular complexity index is 950. The van der Waals surface area contributed by atoms with E-state index in [0.29, 0.717) is 29.9 Å². The monoisotopic (exact) mass is 389 g/mol. The van der Waals surface area contributed by atoms with Gasteiger partial charge in [0.25, 0.3) is 0 Å². The molecule has 3 rings (SSSR count). The van der Waals surface area contributed by atoms with Crippen LogP contribution in [0.3, 0.4) is 0 Å². The molecule has 0 fully saturated rings. The highest BCUT2D eigenvalue weighted by Crippen LogP contribution is 2.33. The van der Waals surface area contributed by atoms with Crippen LogP contribution in [0.5, 0.6) is 0 Å². The molecule has 3 aromatic rings. The number of hydrogen-bond acceptors (Lipinski definition) is 3. The minimum Gasteiger partial charge on any atom is -0.478 e. The summed E-state index contributed by atoms with van der Waals surface area (Å²) in [5, 5.41) is 19.3. The largest absolute Gasteiger partial charge is 0.478 e. The summed E-state index contributed by atoms with van der Waals surface area (Å²) in [4.78, 5) is 25.6. The molecule has 0 amide bonds. The van der Waals surface area contributed by atoms with Gasteiger partial charge in [0, 0.05) is 18.8 Å². The first-order chi connectivity index (χ1) is 13.9. The Morgan fingerprint density at radius 3 is 1.45 bits per heavy atom. The first-order valence-corrected chi connectivity index (χ1v) is 9.32. The summed E-state index contributed by atoms with van der Waals surface area (Å²) in [6.07, 6.45) is 0. The average molecular weight is 389 g/mol. The summed E-state index contributed by atoms with van der Waals surface area (Å²) < 4.78 is 0. The molecule has 0 aliphatic rings. The van der Waals surface area contributed by atoms with E-state index in [4.69, 9.17) is 0 Å². The van der Waals surface area contributed by atoms with Crippen molar-refractivity contribution in [2.45, 2.75) is 26.9 Å². The second-order valence-electron chi connectivity index (χ2n) is 7.01. The zero-order chi connectivity index (χ0) is 21.0. The fourth-order valence-electron chi connectivity index (χ4n) is 3.64. The number of carboxylic acids is 2. The van der Waals surface area contributed by atoms with E-state index in [-0.39, 0.29) is 11.1 Å². The lowest BCUT2D eigenvalue weighted by Gasteiger charge is -2.30. The molecule has 5 heteroatoms. The van der Waals surface area contributed by atoms with Crippen LogP contribution >= 0.6 is 0 Å². The van der Waals surface area contributed by atoms with Crippen LogP contribution in [0.1, 0.15) is 43.0 Å². The van der Waals surface area contributed by atoms with Crippen molar-refractivity contribution in [1.82, 2.24) is 0 Å². The fraction of sp³-hybridized carbons (Fsp3) is 0.167. The van der Waals surface area contributed by atoms with Crippen molar-refractivity contribution in [2.24, 2.45) is 0 Å². The molecule has 0 radical (unpaired) electrons. The molecule has 5 nitrogen and oxygen atoms in total. The van der Waals surface area contributed by atoms with Gasteiger partial charge in [0.05, 0.1) is 11.1 Å². The summed E-state index contributed by atoms with van der Waals surface area (Å²) in [5.41, 5.74) is 3.90. The maximum Gasteiger partial charge on any atom is 0.336 e. The van der Waals surface area contributed by atoms with Crippen molar-refractivity contribution in [2.75, 3.05) is 4.90 Å². The quantitative estimate of drug-likeness (QED) is 0.600. The topological polar surface area (TPSA) is 77.8 Å². The highest BCUT2D eigenvalue weighted by atomic mass is 16.4. The Morgan fingerprint density at radius 2 is 1.10 bits per heavy atom. The molecule has 29 heavy (non-hydrogen) atoms. The second kappa shape index (κ2) is 8.61. The summed E-state index contributed by atoms with van der Waals surface area (Å²) in [7, 11) is 0. The van der Waals surface area contributed by atoms with Gasteiger partial charge in [0.15, 0.2) is 0 Å². The summed E-state index contributed by atoms with van der Waals surface area (Å²) in [6, 6.07) is 20.9. The van der Waals surface area contributed by atoms with Crippen LogP contribution in [0.25, 0.3) is 0 Å². The molecule has 3 aromatic carbocycles. The van der Waals surface area contributed by atoms with Crippen molar-refractivity contribution in [3.05, 3.63) is 100 Å². The van der Waals surface area contributed by atoms with Crippen LogP contribution in [-0.4, -0.2) is 22.2 Å². The number of rotatable bonds is 7. The Balaban J connectivity index is 2.18. The second-order valence-corrected chi connectivity index (χ2v) is 7.01. The van der Waals surface area contributed by atoms with Gasteiger partial charge in [-0.1, -0.05) is 60.7 Å². The maximum absolute atomic E-state index is 11.8. The minimum absolute atomic E-state index is 0.00845. The maximum atomic E-state index is 11.8. The normalized spacial score (nSPS) is 10.6. The fourth-order valence-corrected chi connectivity index (χ4v) is 3.64. The van der Waals surface area contributed by atoms with E-state index in [1.807, 2.05) is 65.6 Å². The van der Waals surface area contributed by atoms with Gasteiger partial charge in [-0.3, -0.25) is 0 Å². The molecule has 0 aromatic heterocycles. The predicted octanol–water partition coefficient (Wildman–Crippen LogP) is 4.91. The number of carbonyl (C=O) groups is 2. The molecule has 0 unspecified atom stereocenters. The van der Waals surface area contributed by atoms with E-state index < -0.39 is 11.9 Å². The van der Waals surface area contributed by atoms with Gasteiger partial charge in [-0.2, -0.15) is 0 Å². The predicted molar refractivity (Wildman–Crippen MR) is 113 cm³/mol. The van der Waals surface area contributed by atoms with E-state index in [2.05, 4.69) is 0 Å². The summed E-state index contributed by atoms with van der Waals surface area (Å²) in [5.74, 6) is -2.27. The van der Waals surface area contributed by atoms with E-state index in [0.717, 1.165) is 11.1 Å². The molecule has 0 saturated carbocycles. The number of benzene rings is 3. The molecular weight excluding hydrogens is 366 g/mol. The molecular formula is C24H23NO4. The SMILES string of the molecule is Cc1c(C(=O)O)cc(C(=O)O)c(C)c1N(Cc1ccccc1)Cc1ccccc1. The third-order valence-corrected chi connectivity index (χ3v) is 5.02. The third-order valence-electron chi connectivity index (χ3n) is 5.02. The Hall–Kier alpha value is -3.60. The van der Waals surface area contributed by atoms with E-state index in [9.17, 15) is 19.8 Å². The number of carboxylic acid groups (broad SMARTS) is 2. The van der Waals surface area contributed by atoms with Crippen molar-refractivity contribution < 1.29 is 19.8 Å². The molecule has 0 spiro atoms. The molecule has 0 saturated heterocycles. The smallest absolute Gasteiger partial charge is 0.336 e. The molecule has 0 aliphatic carbocycles. The molecule has 0 atom stereocenters. The van der Waals surface area contributed by atoms with Crippen LogP contribution < -0.4 is 4.90 Å². The van der Waals surface area contributed by atoms with E-state index >= 15 is 0 Å². The number of anilines is 1. The standard InChI is InChI=1S/C24H23NO4/c1-16-20(23(26)27)13-21(24(28)29)17(2)22(16)25(14-18-9-5-3-6-10-18)15-19-11-7-4-8-12-19/h3-13H,14-15H2,1-2H3,(H,26,27)(H,28,29). The number of aromatic carboxylic acids is 2. The van der Waals surface area contributed by atoms with Gasteiger partial charge < -0.3 is 15.1 Å². The average Bonchev–Trinajstić information content (AvgIpc) is 2.69. The van der Waals surface area contributed by atoms with Gasteiger partial charge >= 0.3 is 11.9 Å². The van der Waals surface area contributed by atoms with Crippen LogP contribution in [0.4, 0.5) is 5.69 Å². The van der Waals surface area contributed by atoms with E-state index in [1.165, 1.54) is 6.07 Å². The highest BCUT2D eigenvalue weighted by molar-refractivity contribution is 5.99. The number of hydrogen-bond donors (Lipinski definition) is 2. The first kappa shape index (κ1) is 20.1. The van der Waals surface area contributed by atoms with Gasteiger partial charge in [0.1, 0.15) is 0 Å². The van der Waals surface area contributed by atoms with Crippen LogP contribution in [0, 0.1) is 13.8 Å². The van der Waals surface area contributed by atoms with Crippen LogP contribution in [-0.2, 0) is 13.1 Å². The summed E-state index contributed by atoms with van der Waals surface area (Å²) >= 11 is 0. The van der Waals surface area contributed by atoms with Crippen LogP contribution in [0.15, 0.2) is 66.7 Å². The zero-order valence-electron chi connectivity index (χ0n) is 16.4. The van der Waals surface area contributed by atoms with Crippen molar-refractivity contribution in [3.63, 3.8) is 0 Å². The third kappa shape index (κ3) is 4.46. The lowest BCUT2D eigenvalue weighted by molar-refractivity contribution is 0.0695. The zero-order valence-corrected chi connectivity index (χ0v) is 16.4. The molecule has 0 heterocycles. The lowest BCUT2D eigenvalue weighted by Crippen LogP contribution is -2.25. The lowest BCUT2D eigenvalue weighted by atomic mass is 9.95. The minimum atomic E-state index is -1.13. The van der Waals surface area contributed by atoms with Gasteiger partial charge in [-0.15, -0.1) is 0 Å². The molecule has 0 bridgehead atoms. The number of nitrogens with zero attached hydrogens (tertiary/aromatic N) is 1. The van der Waals surface area contributed by atoms with Crippen molar-refractivity contribution >= 4 is 17.6 Å². The highest BCUT2D eigenvalue weighted by Gasteiger charge is 2.24. The van der Waals surface area contributed by atoms with Crippen LogP contribution in [0.2, 0.25) is 0 Å². The van der Waals surface area contributed by atoms with Gasteiger partial charge in [-0.05, 0) is 42.2 Å². The van der Waals surface area contributed by atoms with E-state index in [1.54, 1.807) is 13.8 Å². The Kier molecular flexibility index (Phi) is 5.98. The van der Waals surface area contributed by atoms with Gasteiger partial charge in [-0.25, -0.2) is 9.59 Å². The Labute approximate surface area is 169 Å². The molecule has 2 N–H and O–H groups in total. The van der Waals surface area contributed by atoms with Crippen molar-refractivity contribution in [1.29, 1.82) is 0 Å².